The first kappa shape index (κ1) is 16.2. The molecule has 5 nitrogen and oxygen atoms in total. The molecule has 126 valence electrons. The van der Waals surface area contributed by atoms with Gasteiger partial charge in [-0.05, 0) is 44.1 Å². The number of carbonyl (C=O) groups excluding carboxylic acids is 1. The van der Waals surface area contributed by atoms with E-state index < -0.39 is 0 Å². The average Bonchev–Trinajstić information content (AvgIpc) is 3.26. The molecule has 1 atom stereocenters. The van der Waals surface area contributed by atoms with Crippen molar-refractivity contribution in [3.63, 3.8) is 0 Å². The van der Waals surface area contributed by atoms with Gasteiger partial charge in [-0.1, -0.05) is 0 Å². The van der Waals surface area contributed by atoms with E-state index in [1.54, 1.807) is 7.11 Å². The number of ether oxygens (including phenoxy) is 2. The molecular weight excluding hydrogens is 280 g/mol. The van der Waals surface area contributed by atoms with Gasteiger partial charge in [-0.25, -0.2) is 0 Å². The van der Waals surface area contributed by atoms with Crippen LogP contribution >= 0.6 is 0 Å². The summed E-state index contributed by atoms with van der Waals surface area (Å²) in [6.07, 6.45) is 4.91. The third-order valence-corrected chi connectivity index (χ3v) is 5.73. The molecule has 3 fully saturated rings. The predicted molar refractivity (Wildman–Crippen MR) is 84.7 cm³/mol. The highest BCUT2D eigenvalue weighted by Gasteiger charge is 2.47. The van der Waals surface area contributed by atoms with E-state index in [-0.39, 0.29) is 12.5 Å². The third kappa shape index (κ3) is 3.63. The number of amides is 1. The largest absolute Gasteiger partial charge is 0.381 e. The van der Waals surface area contributed by atoms with E-state index in [0.29, 0.717) is 11.3 Å². The number of likely N-dealkylation sites (tertiary alicyclic amines) is 2. The topological polar surface area (TPSA) is 42.0 Å². The molecule has 1 aliphatic carbocycles. The van der Waals surface area contributed by atoms with Crippen LogP contribution < -0.4 is 0 Å². The Morgan fingerprint density at radius 3 is 2.59 bits per heavy atom. The summed E-state index contributed by atoms with van der Waals surface area (Å²) < 4.78 is 11.0. The van der Waals surface area contributed by atoms with Crippen LogP contribution in [0.5, 0.6) is 0 Å². The van der Waals surface area contributed by atoms with Crippen molar-refractivity contribution in [3.05, 3.63) is 0 Å². The fourth-order valence-corrected chi connectivity index (χ4v) is 4.17. The van der Waals surface area contributed by atoms with Crippen LogP contribution in [0.2, 0.25) is 0 Å². The van der Waals surface area contributed by atoms with Gasteiger partial charge in [-0.3, -0.25) is 4.79 Å². The summed E-state index contributed by atoms with van der Waals surface area (Å²) in [5, 5.41) is 0. The monoisotopic (exact) mass is 310 g/mol. The van der Waals surface area contributed by atoms with Crippen LogP contribution in [0, 0.1) is 17.3 Å². The minimum Gasteiger partial charge on any atom is -0.381 e. The van der Waals surface area contributed by atoms with Crippen LogP contribution in [-0.4, -0.2) is 75.9 Å². The van der Waals surface area contributed by atoms with Crippen molar-refractivity contribution in [2.75, 3.05) is 60.2 Å². The van der Waals surface area contributed by atoms with E-state index in [1.165, 1.54) is 12.8 Å². The first-order chi connectivity index (χ1) is 10.6. The fourth-order valence-electron chi connectivity index (χ4n) is 4.17. The molecule has 0 radical (unpaired) electrons. The van der Waals surface area contributed by atoms with Gasteiger partial charge in [0.15, 0.2) is 0 Å². The predicted octanol–water partition coefficient (Wildman–Crippen LogP) is 1.23. The Morgan fingerprint density at radius 2 is 1.95 bits per heavy atom. The molecule has 22 heavy (non-hydrogen) atoms. The van der Waals surface area contributed by atoms with Crippen molar-refractivity contribution in [1.82, 2.24) is 9.80 Å². The number of carbonyl (C=O) groups is 1. The first-order valence-electron chi connectivity index (χ1n) is 8.66. The highest BCUT2D eigenvalue weighted by atomic mass is 16.5. The Balaban J connectivity index is 1.52. The smallest absolute Gasteiger partial charge is 0.248 e. The summed E-state index contributed by atoms with van der Waals surface area (Å²) in [6.45, 7) is 6.08. The molecule has 0 bridgehead atoms. The van der Waals surface area contributed by atoms with Crippen LogP contribution in [0.15, 0.2) is 0 Å². The fraction of sp³-hybridized carbons (Fsp3) is 0.941. The van der Waals surface area contributed by atoms with E-state index in [9.17, 15) is 4.79 Å². The standard InChI is InChI=1S/C17H30N2O3/c1-18-9-15(11-22-10-14-3-4-14)17(13-18)5-7-19(8-6-17)16(20)12-21-2/h14-15H,3-13H2,1-2H3/t15-/m0/s1. The third-order valence-electron chi connectivity index (χ3n) is 5.73. The maximum Gasteiger partial charge on any atom is 0.248 e. The van der Waals surface area contributed by atoms with Gasteiger partial charge in [0.2, 0.25) is 5.91 Å². The molecule has 0 unspecified atom stereocenters. The number of hydrogen-bond donors (Lipinski definition) is 0. The maximum absolute atomic E-state index is 12.0. The SMILES string of the molecule is COCC(=O)N1CCC2(CC1)CN(C)C[C@H]2COCC1CC1. The average molecular weight is 310 g/mol. The summed E-state index contributed by atoms with van der Waals surface area (Å²) in [6, 6.07) is 0. The van der Waals surface area contributed by atoms with Crippen LogP contribution in [0.1, 0.15) is 25.7 Å². The molecule has 3 aliphatic rings. The molecule has 0 aromatic carbocycles. The summed E-state index contributed by atoms with van der Waals surface area (Å²) in [5.41, 5.74) is 0.349. The van der Waals surface area contributed by atoms with Crippen molar-refractivity contribution in [2.45, 2.75) is 25.7 Å². The van der Waals surface area contributed by atoms with Crippen LogP contribution in [0.4, 0.5) is 0 Å². The molecule has 1 spiro atoms. The van der Waals surface area contributed by atoms with Crippen molar-refractivity contribution in [1.29, 1.82) is 0 Å². The normalized spacial score (nSPS) is 28.5. The quantitative estimate of drug-likeness (QED) is 0.740. The second-order valence-electron chi connectivity index (χ2n) is 7.55. The zero-order valence-electron chi connectivity index (χ0n) is 14.1. The number of rotatable bonds is 6. The van der Waals surface area contributed by atoms with Gasteiger partial charge in [-0.15, -0.1) is 0 Å². The Hall–Kier alpha value is -0.650. The molecule has 3 rings (SSSR count). The summed E-state index contributed by atoms with van der Waals surface area (Å²) in [7, 11) is 3.80. The molecule has 1 saturated carbocycles. The highest BCUT2D eigenvalue weighted by molar-refractivity contribution is 5.77. The Kier molecular flexibility index (Phi) is 5.05. The molecule has 0 N–H and O–H groups in total. The lowest BCUT2D eigenvalue weighted by molar-refractivity contribution is -0.138. The zero-order chi connectivity index (χ0) is 15.6. The second-order valence-corrected chi connectivity index (χ2v) is 7.55. The van der Waals surface area contributed by atoms with Crippen molar-refractivity contribution >= 4 is 5.91 Å². The van der Waals surface area contributed by atoms with Crippen LogP contribution in [0.3, 0.4) is 0 Å². The number of nitrogens with zero attached hydrogens (tertiary/aromatic N) is 2. The molecule has 5 heteroatoms. The first-order valence-corrected chi connectivity index (χ1v) is 8.66. The van der Waals surface area contributed by atoms with Gasteiger partial charge < -0.3 is 19.3 Å². The second kappa shape index (κ2) is 6.85. The van der Waals surface area contributed by atoms with Gasteiger partial charge in [0, 0.05) is 45.8 Å². The molecule has 0 aromatic heterocycles. The van der Waals surface area contributed by atoms with Crippen molar-refractivity contribution in [3.8, 4) is 0 Å². The van der Waals surface area contributed by atoms with E-state index in [0.717, 1.165) is 58.2 Å². The minimum atomic E-state index is 0.130. The maximum atomic E-state index is 12.0. The lowest BCUT2D eigenvalue weighted by Gasteiger charge is -2.42. The summed E-state index contributed by atoms with van der Waals surface area (Å²) >= 11 is 0. The number of hydrogen-bond acceptors (Lipinski definition) is 4. The van der Waals surface area contributed by atoms with Gasteiger partial charge in [0.05, 0.1) is 6.61 Å². The van der Waals surface area contributed by atoms with Gasteiger partial charge in [-0.2, -0.15) is 0 Å². The lowest BCUT2D eigenvalue weighted by atomic mass is 9.71. The Labute approximate surface area is 133 Å². The van der Waals surface area contributed by atoms with E-state index in [2.05, 4.69) is 11.9 Å². The number of methoxy groups -OCH3 is 1. The molecule has 0 aromatic rings. The zero-order valence-corrected chi connectivity index (χ0v) is 14.1. The van der Waals surface area contributed by atoms with E-state index in [4.69, 9.17) is 9.47 Å². The minimum absolute atomic E-state index is 0.130. The Bertz CT molecular complexity index is 389. The highest BCUT2D eigenvalue weighted by Crippen LogP contribution is 2.44. The van der Waals surface area contributed by atoms with Gasteiger partial charge in [0.25, 0.3) is 0 Å². The summed E-state index contributed by atoms with van der Waals surface area (Å²) in [5.74, 6) is 1.59. The van der Waals surface area contributed by atoms with Gasteiger partial charge >= 0.3 is 0 Å². The van der Waals surface area contributed by atoms with Crippen molar-refractivity contribution < 1.29 is 14.3 Å². The van der Waals surface area contributed by atoms with Crippen LogP contribution in [-0.2, 0) is 14.3 Å². The Morgan fingerprint density at radius 1 is 1.23 bits per heavy atom. The van der Waals surface area contributed by atoms with Gasteiger partial charge in [0.1, 0.15) is 6.61 Å². The molecular formula is C17H30N2O3. The van der Waals surface area contributed by atoms with Crippen molar-refractivity contribution in [2.24, 2.45) is 17.3 Å². The molecule has 1 amide bonds. The molecule has 2 saturated heterocycles. The molecule has 2 heterocycles. The van der Waals surface area contributed by atoms with E-state index in [1.807, 2.05) is 4.90 Å². The molecule has 2 aliphatic heterocycles. The van der Waals surface area contributed by atoms with E-state index >= 15 is 0 Å². The van der Waals surface area contributed by atoms with Crippen LogP contribution in [0.25, 0.3) is 0 Å². The number of piperidine rings is 1. The summed E-state index contributed by atoms with van der Waals surface area (Å²) in [4.78, 5) is 16.4. The lowest BCUT2D eigenvalue weighted by Crippen LogP contribution is -2.48.